The minimum atomic E-state index is -3.77. The van der Waals surface area contributed by atoms with E-state index in [2.05, 4.69) is 0 Å². The molecule has 1 rings (SSSR count). The average Bonchev–Trinajstić information content (AvgIpc) is 2.85. The largest absolute Gasteiger partial charge is 0.363 e. The molecule has 14 heteroatoms. The zero-order chi connectivity index (χ0) is 26.2. The lowest BCUT2D eigenvalue weighted by Crippen LogP contribution is -2.68. The monoisotopic (exact) mass is 534 g/mol. The third kappa shape index (κ3) is 10.9. The van der Waals surface area contributed by atoms with Crippen LogP contribution in [0.5, 0.6) is 0 Å². The fourth-order valence-corrected chi connectivity index (χ4v) is 4.53. The Bertz CT molecular complexity index is 575. The molecule has 1 N–H and O–H groups in total. The zero-order valence-corrected chi connectivity index (χ0v) is 22.6. The Morgan fingerprint density at radius 3 is 1.74 bits per heavy atom. The maximum absolute atomic E-state index is 13.0. The van der Waals surface area contributed by atoms with Crippen molar-refractivity contribution in [2.45, 2.75) is 57.9 Å². The van der Waals surface area contributed by atoms with E-state index in [1.165, 1.54) is 14.2 Å². The van der Waals surface area contributed by atoms with E-state index in [4.69, 9.17) is 51.7 Å². The van der Waals surface area contributed by atoms with Crippen LogP contribution in [0.4, 0.5) is 0 Å². The van der Waals surface area contributed by atoms with E-state index < -0.39 is 44.0 Å². The van der Waals surface area contributed by atoms with Crippen LogP contribution in [0.25, 0.3) is 0 Å². The third-order valence-electron chi connectivity index (χ3n) is 5.05. The first-order valence-electron chi connectivity index (χ1n) is 11.7. The van der Waals surface area contributed by atoms with Gasteiger partial charge in [-0.1, -0.05) is 0 Å². The lowest BCUT2D eigenvalue weighted by Gasteiger charge is -2.50. The molecule has 1 unspecified atom stereocenters. The SMILES string of the molecule is CCOCOC[C@H]1OC(O)(CP(=O)(OC)OC)[C@H](OCOCC)[C@@H](OCOCC)[C@@H]1OCOCC. The molecule has 0 bridgehead atoms. The van der Waals surface area contributed by atoms with Gasteiger partial charge in [-0.15, -0.1) is 0 Å². The number of ether oxygens (including phenoxy) is 9. The zero-order valence-electron chi connectivity index (χ0n) is 21.7. The molecule has 0 radical (unpaired) electrons. The van der Waals surface area contributed by atoms with Crippen molar-refractivity contribution < 1.29 is 61.4 Å². The van der Waals surface area contributed by atoms with Gasteiger partial charge in [-0.3, -0.25) is 4.57 Å². The summed E-state index contributed by atoms with van der Waals surface area (Å²) in [5.74, 6) is -2.19. The Labute approximate surface area is 208 Å². The summed E-state index contributed by atoms with van der Waals surface area (Å²) in [6.07, 6.45) is -4.49. The van der Waals surface area contributed by atoms with Crippen LogP contribution in [0.3, 0.4) is 0 Å². The van der Waals surface area contributed by atoms with Gasteiger partial charge in [0.1, 0.15) is 57.7 Å². The van der Waals surface area contributed by atoms with E-state index in [-0.39, 0.29) is 33.8 Å². The molecule has 0 saturated carbocycles. The van der Waals surface area contributed by atoms with Crippen LogP contribution in [-0.4, -0.2) is 116 Å². The van der Waals surface area contributed by atoms with Crippen molar-refractivity contribution in [2.24, 2.45) is 0 Å². The number of aliphatic hydroxyl groups is 1. The van der Waals surface area contributed by atoms with E-state index in [0.717, 1.165) is 0 Å². The van der Waals surface area contributed by atoms with Gasteiger partial charge in [0.25, 0.3) is 0 Å². The van der Waals surface area contributed by atoms with E-state index in [9.17, 15) is 9.67 Å². The quantitative estimate of drug-likeness (QED) is 0.130. The summed E-state index contributed by atoms with van der Waals surface area (Å²) < 4.78 is 73.8. The lowest BCUT2D eigenvalue weighted by molar-refractivity contribution is -0.375. The third-order valence-corrected chi connectivity index (χ3v) is 7.00. The molecule has 0 aromatic carbocycles. The maximum Gasteiger partial charge on any atom is 0.335 e. The van der Waals surface area contributed by atoms with Crippen LogP contribution in [0, 0.1) is 0 Å². The first-order valence-corrected chi connectivity index (χ1v) is 13.4. The number of rotatable bonds is 21. The summed E-state index contributed by atoms with van der Waals surface area (Å²) in [6.45, 7) is 8.44. The minimum Gasteiger partial charge on any atom is -0.363 e. The predicted molar refractivity (Wildman–Crippen MR) is 123 cm³/mol. The van der Waals surface area contributed by atoms with Crippen molar-refractivity contribution in [3.8, 4) is 0 Å². The topological polar surface area (TPSA) is 139 Å². The highest BCUT2D eigenvalue weighted by Gasteiger charge is 2.59. The smallest absolute Gasteiger partial charge is 0.335 e. The second-order valence-corrected chi connectivity index (χ2v) is 9.57. The number of hydrogen-bond donors (Lipinski definition) is 1. The first-order chi connectivity index (χ1) is 16.8. The Morgan fingerprint density at radius 1 is 0.743 bits per heavy atom. The fraction of sp³-hybridized carbons (Fsp3) is 1.00. The highest BCUT2D eigenvalue weighted by molar-refractivity contribution is 7.53. The second kappa shape index (κ2) is 18.1. The molecule has 1 fully saturated rings. The highest BCUT2D eigenvalue weighted by Crippen LogP contribution is 2.51. The molecule has 0 aliphatic carbocycles. The molecular weight excluding hydrogens is 491 g/mol. The fourth-order valence-electron chi connectivity index (χ4n) is 3.31. The molecule has 5 atom stereocenters. The van der Waals surface area contributed by atoms with Gasteiger partial charge < -0.3 is 56.8 Å². The molecule has 35 heavy (non-hydrogen) atoms. The van der Waals surface area contributed by atoms with Crippen LogP contribution in [-0.2, 0) is 56.2 Å². The molecule has 1 aliphatic rings. The van der Waals surface area contributed by atoms with Crippen molar-refractivity contribution in [1.82, 2.24) is 0 Å². The molecule has 1 saturated heterocycles. The summed E-state index contributed by atoms with van der Waals surface area (Å²) in [5, 5.41) is 11.7. The van der Waals surface area contributed by atoms with E-state index in [1.54, 1.807) is 6.92 Å². The van der Waals surface area contributed by atoms with Gasteiger partial charge in [0.2, 0.25) is 5.79 Å². The molecule has 0 aromatic rings. The molecule has 210 valence electrons. The summed E-state index contributed by atoms with van der Waals surface area (Å²) in [6, 6.07) is 0. The van der Waals surface area contributed by atoms with Crippen molar-refractivity contribution in [2.75, 3.05) is 80.6 Å². The standard InChI is InChI=1S/C21H43O13P/c1-7-26-13-30-11-17-18(31-14-27-8-2)19(32-15-28-9-3)20(33-16-29-10-4)21(22,34-17)12-35(23,24-5)25-6/h17-20,22H,7-16H2,1-6H3/t17-,18-,19+,20-,21?/m1/s1. The van der Waals surface area contributed by atoms with Gasteiger partial charge >= 0.3 is 7.60 Å². The Hall–Kier alpha value is -0.250. The van der Waals surface area contributed by atoms with Gasteiger partial charge in [0.05, 0.1) is 6.61 Å². The molecule has 1 aliphatic heterocycles. The number of hydrogen-bond acceptors (Lipinski definition) is 13. The van der Waals surface area contributed by atoms with Crippen molar-refractivity contribution in [1.29, 1.82) is 0 Å². The normalized spacial score (nSPS) is 27.4. The van der Waals surface area contributed by atoms with Crippen molar-refractivity contribution >= 4 is 7.60 Å². The van der Waals surface area contributed by atoms with Crippen LogP contribution < -0.4 is 0 Å². The Balaban J connectivity index is 3.35. The Kier molecular flexibility index (Phi) is 16.9. The van der Waals surface area contributed by atoms with Crippen LogP contribution in [0.15, 0.2) is 0 Å². The molecule has 0 aromatic heterocycles. The van der Waals surface area contributed by atoms with E-state index in [1.807, 2.05) is 20.8 Å². The second-order valence-electron chi connectivity index (χ2n) is 7.30. The van der Waals surface area contributed by atoms with Crippen LogP contribution >= 0.6 is 7.60 Å². The highest BCUT2D eigenvalue weighted by atomic mass is 31.2. The van der Waals surface area contributed by atoms with Gasteiger partial charge in [-0.05, 0) is 27.7 Å². The van der Waals surface area contributed by atoms with Gasteiger partial charge in [0, 0.05) is 40.6 Å². The molecule has 1 heterocycles. The summed E-state index contributed by atoms with van der Waals surface area (Å²) in [5.41, 5.74) is 0. The van der Waals surface area contributed by atoms with Crippen molar-refractivity contribution in [3.05, 3.63) is 0 Å². The van der Waals surface area contributed by atoms with Gasteiger partial charge in [-0.2, -0.15) is 0 Å². The molecular formula is C21H43O13P. The Morgan fingerprint density at radius 2 is 1.23 bits per heavy atom. The summed E-state index contributed by atoms with van der Waals surface area (Å²) in [4.78, 5) is 0. The van der Waals surface area contributed by atoms with E-state index in [0.29, 0.717) is 26.4 Å². The predicted octanol–water partition coefficient (Wildman–Crippen LogP) is 1.71. The van der Waals surface area contributed by atoms with Crippen molar-refractivity contribution in [3.63, 3.8) is 0 Å². The maximum atomic E-state index is 13.0. The van der Waals surface area contributed by atoms with Gasteiger partial charge in [-0.25, -0.2) is 0 Å². The van der Waals surface area contributed by atoms with E-state index >= 15 is 0 Å². The average molecular weight is 535 g/mol. The van der Waals surface area contributed by atoms with Crippen LogP contribution in [0.2, 0.25) is 0 Å². The first kappa shape index (κ1) is 32.8. The van der Waals surface area contributed by atoms with Gasteiger partial charge in [0.15, 0.2) is 0 Å². The minimum absolute atomic E-state index is 0.00363. The lowest BCUT2D eigenvalue weighted by atomic mass is 9.92. The summed E-state index contributed by atoms with van der Waals surface area (Å²) in [7, 11) is -1.34. The molecule has 0 amide bonds. The molecule has 13 nitrogen and oxygen atoms in total. The molecule has 0 spiro atoms. The van der Waals surface area contributed by atoms with Crippen LogP contribution in [0.1, 0.15) is 27.7 Å². The summed E-state index contributed by atoms with van der Waals surface area (Å²) >= 11 is 0.